The smallest absolute Gasteiger partial charge is 0.123 e. The molecule has 0 amide bonds. The summed E-state index contributed by atoms with van der Waals surface area (Å²) in [5, 5.41) is 0. The van der Waals surface area contributed by atoms with E-state index in [9.17, 15) is 4.79 Å². The van der Waals surface area contributed by atoms with Crippen LogP contribution < -0.4 is 0 Å². The van der Waals surface area contributed by atoms with Crippen molar-refractivity contribution in [3.05, 3.63) is 0 Å². The average Bonchev–Trinajstić information content (AvgIpc) is 1.38. The molecule has 0 aromatic rings. The van der Waals surface area contributed by atoms with Crippen molar-refractivity contribution in [2.45, 2.75) is 13.1 Å². The van der Waals surface area contributed by atoms with Gasteiger partial charge in [0.1, 0.15) is 8.80 Å². The van der Waals surface area contributed by atoms with Gasteiger partial charge < -0.3 is 4.79 Å². The van der Waals surface area contributed by atoms with E-state index in [0.29, 0.717) is 0 Å². The first-order valence-electron chi connectivity index (χ1n) is 1.52. The summed E-state index contributed by atoms with van der Waals surface area (Å²) in [6.45, 7) is 3.91. The third kappa shape index (κ3) is 3.89. The zero-order valence-corrected chi connectivity index (χ0v) is 4.49. The molecule has 1 nitrogen and oxygen atoms in total. The van der Waals surface area contributed by atoms with Crippen LogP contribution in [0.5, 0.6) is 0 Å². The highest BCUT2D eigenvalue weighted by Gasteiger charge is 1.84. The highest BCUT2D eigenvalue weighted by Crippen LogP contribution is 1.64. The van der Waals surface area contributed by atoms with E-state index in [1.165, 1.54) is 0 Å². The summed E-state index contributed by atoms with van der Waals surface area (Å²) in [7, 11) is -0.555. The topological polar surface area (TPSA) is 17.1 Å². The maximum absolute atomic E-state index is 9.55. The van der Waals surface area contributed by atoms with Gasteiger partial charge in [-0.05, 0) is 0 Å². The Balaban J connectivity index is 2.83. The van der Waals surface area contributed by atoms with Crippen LogP contribution in [0.25, 0.3) is 0 Å². The number of carbonyl (C=O) groups excluding carboxylic acids is 1. The van der Waals surface area contributed by atoms with E-state index in [0.717, 1.165) is 5.91 Å². The maximum atomic E-state index is 9.55. The highest BCUT2D eigenvalue weighted by molar-refractivity contribution is 6.82. The fourth-order valence-corrected chi connectivity index (χ4v) is 0. The first-order chi connectivity index (χ1) is 2.27. The van der Waals surface area contributed by atoms with Gasteiger partial charge in [-0.25, -0.2) is 0 Å². The van der Waals surface area contributed by atoms with E-state index in [-0.39, 0.29) is 0 Å². The van der Waals surface area contributed by atoms with Crippen LogP contribution in [-0.4, -0.2) is 14.7 Å². The molecular formula is C3H7OSi. The summed E-state index contributed by atoms with van der Waals surface area (Å²) in [4.78, 5) is 9.55. The first kappa shape index (κ1) is 4.89. The lowest BCUT2D eigenvalue weighted by Gasteiger charge is -1.74. The minimum atomic E-state index is -0.555. The molecule has 2 heteroatoms. The zero-order chi connectivity index (χ0) is 4.28. The molecule has 0 aliphatic rings. The van der Waals surface area contributed by atoms with Crippen molar-refractivity contribution in [3.8, 4) is 0 Å². The Morgan fingerprint density at radius 2 is 1.80 bits per heavy atom. The van der Waals surface area contributed by atoms with Gasteiger partial charge >= 0.3 is 0 Å². The van der Waals surface area contributed by atoms with Crippen LogP contribution in [0.2, 0.25) is 13.1 Å². The first-order valence-corrected chi connectivity index (χ1v) is 4.10. The summed E-state index contributed by atoms with van der Waals surface area (Å²) in [6.07, 6.45) is 0. The number of carbonyl (C=O) groups is 1. The average molecular weight is 87.2 g/mol. The van der Waals surface area contributed by atoms with Crippen LogP contribution in [-0.2, 0) is 4.79 Å². The van der Waals surface area contributed by atoms with Gasteiger partial charge in [-0.3, -0.25) is 0 Å². The van der Waals surface area contributed by atoms with Crippen LogP contribution >= 0.6 is 0 Å². The van der Waals surface area contributed by atoms with Crippen molar-refractivity contribution in [2.24, 2.45) is 0 Å². The summed E-state index contributed by atoms with van der Waals surface area (Å²) < 4.78 is 0. The minimum Gasteiger partial charge on any atom is -0.309 e. The van der Waals surface area contributed by atoms with Crippen molar-refractivity contribution in [1.82, 2.24) is 0 Å². The molecule has 0 heterocycles. The Kier molecular flexibility index (Phi) is 2.10. The monoisotopic (exact) mass is 87.0 g/mol. The van der Waals surface area contributed by atoms with Crippen molar-refractivity contribution in [3.63, 3.8) is 0 Å². The van der Waals surface area contributed by atoms with Crippen LogP contribution in [0.3, 0.4) is 0 Å². The third-order valence-electron chi connectivity index (χ3n) is 0.236. The van der Waals surface area contributed by atoms with Gasteiger partial charge in [-0.15, -0.1) is 0 Å². The Hall–Kier alpha value is -0.113. The molecule has 0 unspecified atom stereocenters. The quantitative estimate of drug-likeness (QED) is 0.336. The summed E-state index contributed by atoms with van der Waals surface area (Å²) in [5.74, 6) is 1.02. The van der Waals surface area contributed by atoms with Crippen molar-refractivity contribution in [2.75, 3.05) is 0 Å². The van der Waals surface area contributed by atoms with E-state index in [2.05, 4.69) is 0 Å². The second-order valence-electron chi connectivity index (χ2n) is 1.20. The van der Waals surface area contributed by atoms with Gasteiger partial charge in [-0.1, -0.05) is 13.1 Å². The number of hydrogen-bond donors (Lipinski definition) is 0. The molecule has 0 spiro atoms. The summed E-state index contributed by atoms with van der Waals surface area (Å²) in [6, 6.07) is 0. The van der Waals surface area contributed by atoms with Crippen molar-refractivity contribution < 1.29 is 4.79 Å². The SMILES string of the molecule is C[Si](C)C=O. The van der Waals surface area contributed by atoms with Gasteiger partial charge in [0, 0.05) is 0 Å². The molecule has 0 fully saturated rings. The van der Waals surface area contributed by atoms with Crippen LogP contribution in [0, 0.1) is 0 Å². The Bertz CT molecular complexity index is 33.9. The predicted octanol–water partition coefficient (Wildman–Crippen LogP) is 0.513. The predicted molar refractivity (Wildman–Crippen MR) is 24.2 cm³/mol. The standard InChI is InChI=1S/C3H7OSi/c1-5(2)3-4/h3H,1-2H3. The van der Waals surface area contributed by atoms with E-state index in [1.807, 2.05) is 13.1 Å². The van der Waals surface area contributed by atoms with Crippen LogP contribution in [0.4, 0.5) is 0 Å². The Morgan fingerprint density at radius 1 is 1.60 bits per heavy atom. The normalized spacial score (nSPS) is 8.60. The molecule has 0 bridgehead atoms. The molecule has 0 atom stereocenters. The van der Waals surface area contributed by atoms with E-state index >= 15 is 0 Å². The molecule has 0 aromatic heterocycles. The molecule has 5 heavy (non-hydrogen) atoms. The fraction of sp³-hybridized carbons (Fsp3) is 0.667. The molecular weight excluding hydrogens is 80.1 g/mol. The molecule has 0 N–H and O–H groups in total. The number of rotatable bonds is 1. The lowest BCUT2D eigenvalue weighted by Crippen LogP contribution is -1.98. The van der Waals surface area contributed by atoms with Gasteiger partial charge in [0.2, 0.25) is 0 Å². The van der Waals surface area contributed by atoms with Gasteiger partial charge in [-0.2, -0.15) is 0 Å². The highest BCUT2D eigenvalue weighted by atomic mass is 28.3. The van der Waals surface area contributed by atoms with Gasteiger partial charge in [0.25, 0.3) is 0 Å². The van der Waals surface area contributed by atoms with Gasteiger partial charge in [0.15, 0.2) is 0 Å². The molecule has 0 saturated carbocycles. The molecule has 1 radical (unpaired) electrons. The molecule has 0 aliphatic heterocycles. The molecule has 29 valence electrons. The second kappa shape index (κ2) is 2.14. The molecule has 0 aliphatic carbocycles. The zero-order valence-electron chi connectivity index (χ0n) is 3.49. The third-order valence-corrected chi connectivity index (χ3v) is 0.707. The van der Waals surface area contributed by atoms with E-state index in [4.69, 9.17) is 0 Å². The number of hydrogen-bond acceptors (Lipinski definition) is 1. The van der Waals surface area contributed by atoms with Crippen LogP contribution in [0.15, 0.2) is 0 Å². The van der Waals surface area contributed by atoms with Crippen LogP contribution in [0.1, 0.15) is 0 Å². The molecule has 0 aromatic carbocycles. The maximum Gasteiger partial charge on any atom is 0.123 e. The second-order valence-corrected chi connectivity index (χ2v) is 3.59. The lowest BCUT2D eigenvalue weighted by atomic mass is 11.8. The van der Waals surface area contributed by atoms with E-state index < -0.39 is 8.80 Å². The fourth-order valence-electron chi connectivity index (χ4n) is 0. The van der Waals surface area contributed by atoms with Crippen molar-refractivity contribution in [1.29, 1.82) is 0 Å². The van der Waals surface area contributed by atoms with Gasteiger partial charge in [0.05, 0.1) is 5.91 Å². The van der Waals surface area contributed by atoms with E-state index in [1.54, 1.807) is 0 Å². The molecule has 0 saturated heterocycles. The lowest BCUT2D eigenvalue weighted by molar-refractivity contribution is 0.568. The largest absolute Gasteiger partial charge is 0.309 e. The summed E-state index contributed by atoms with van der Waals surface area (Å²) >= 11 is 0. The summed E-state index contributed by atoms with van der Waals surface area (Å²) in [5.41, 5.74) is 0. The Morgan fingerprint density at radius 3 is 1.80 bits per heavy atom. The minimum absolute atomic E-state index is 0.555. The molecule has 0 rings (SSSR count). The Labute approximate surface area is 33.6 Å². The van der Waals surface area contributed by atoms with Crippen molar-refractivity contribution >= 4 is 14.7 Å².